The largest absolute Gasteiger partial charge is 0.445 e. The Morgan fingerprint density at radius 1 is 0.822 bits per heavy atom. The Balaban J connectivity index is 1.08. The fourth-order valence-electron chi connectivity index (χ4n) is 6.48. The summed E-state index contributed by atoms with van der Waals surface area (Å²) in [5, 5.41) is 3.01. The van der Waals surface area contributed by atoms with Crippen molar-refractivity contribution in [2.24, 2.45) is 11.3 Å². The minimum atomic E-state index is -0.657. The summed E-state index contributed by atoms with van der Waals surface area (Å²) in [6, 6.07) is 18.1. The first-order valence-electron chi connectivity index (χ1n) is 16.1. The molecule has 1 unspecified atom stereocenters. The van der Waals surface area contributed by atoms with Crippen LogP contribution in [0.25, 0.3) is 0 Å². The lowest BCUT2D eigenvalue weighted by molar-refractivity contribution is -0.176. The van der Waals surface area contributed by atoms with Crippen molar-refractivity contribution < 1.29 is 33.4 Å². The summed E-state index contributed by atoms with van der Waals surface area (Å²) >= 11 is 0. The van der Waals surface area contributed by atoms with Crippen molar-refractivity contribution in [1.82, 2.24) is 15.1 Å². The Hall–Kier alpha value is -4.08. The van der Waals surface area contributed by atoms with E-state index in [1.54, 1.807) is 25.7 Å². The van der Waals surface area contributed by atoms with Gasteiger partial charge in [-0.15, -0.1) is 0 Å². The van der Waals surface area contributed by atoms with Gasteiger partial charge in [-0.1, -0.05) is 54.6 Å². The molecule has 3 aliphatic rings. The summed E-state index contributed by atoms with van der Waals surface area (Å²) in [5.41, 5.74) is 2.65. The smallest absolute Gasteiger partial charge is 0.410 e. The quantitative estimate of drug-likeness (QED) is 0.288. The summed E-state index contributed by atoms with van der Waals surface area (Å²) in [6.45, 7) is 7.00. The molecule has 0 radical (unpaired) electrons. The van der Waals surface area contributed by atoms with Crippen molar-refractivity contribution in [2.75, 3.05) is 26.4 Å². The molecule has 1 aliphatic carbocycles. The van der Waals surface area contributed by atoms with Gasteiger partial charge in [-0.05, 0) is 81.9 Å². The van der Waals surface area contributed by atoms with Crippen LogP contribution in [-0.4, -0.2) is 66.3 Å². The van der Waals surface area contributed by atoms with Crippen LogP contribution < -0.4 is 5.32 Å². The lowest BCUT2D eigenvalue weighted by Crippen LogP contribution is -2.42. The molecule has 5 rings (SSSR count). The van der Waals surface area contributed by atoms with E-state index in [2.05, 4.69) is 29.6 Å². The van der Waals surface area contributed by atoms with E-state index in [0.717, 1.165) is 24.0 Å². The highest BCUT2D eigenvalue weighted by molar-refractivity contribution is 5.78. The van der Waals surface area contributed by atoms with E-state index in [0.29, 0.717) is 51.2 Å². The standard InChI is InChI=1S/C35H45N3O7/c1-35(2,3)32(40)45-23-44-31(39)28-13-15-29(16-14-28)38-30(21-36-33(38)41)27-11-9-25(10-12-27)26-17-19-37(20-18-26)34(42)43-22-24-7-5-4-6-8-24/h4-12,26,28-30H,13-23H2,1-3H3,(H,36,41). The first-order valence-corrected chi connectivity index (χ1v) is 16.1. The predicted octanol–water partition coefficient (Wildman–Crippen LogP) is 5.92. The zero-order chi connectivity index (χ0) is 32.0. The molecule has 242 valence electrons. The van der Waals surface area contributed by atoms with Crippen molar-refractivity contribution in [3.8, 4) is 0 Å². The van der Waals surface area contributed by atoms with Crippen molar-refractivity contribution in [3.63, 3.8) is 0 Å². The minimum absolute atomic E-state index is 0.0333. The van der Waals surface area contributed by atoms with Crippen LogP contribution in [0.1, 0.15) is 87.9 Å². The maximum absolute atomic E-state index is 12.9. The van der Waals surface area contributed by atoms with Gasteiger partial charge in [-0.3, -0.25) is 9.59 Å². The van der Waals surface area contributed by atoms with Crippen LogP contribution in [0.5, 0.6) is 0 Å². The average molecular weight is 620 g/mol. The van der Waals surface area contributed by atoms with Crippen LogP contribution in [0, 0.1) is 11.3 Å². The number of ether oxygens (including phenoxy) is 3. The molecule has 3 amide bonds. The van der Waals surface area contributed by atoms with Crippen LogP contribution in [0.15, 0.2) is 54.6 Å². The Labute approximate surface area is 265 Å². The van der Waals surface area contributed by atoms with E-state index < -0.39 is 11.4 Å². The number of nitrogens with zero attached hydrogens (tertiary/aromatic N) is 2. The van der Waals surface area contributed by atoms with Crippen molar-refractivity contribution in [3.05, 3.63) is 71.3 Å². The van der Waals surface area contributed by atoms with Gasteiger partial charge in [0.2, 0.25) is 6.79 Å². The van der Waals surface area contributed by atoms with E-state index in [1.165, 1.54) is 5.56 Å². The van der Waals surface area contributed by atoms with Crippen LogP contribution in [0.4, 0.5) is 9.59 Å². The van der Waals surface area contributed by atoms with Crippen molar-refractivity contribution in [2.45, 2.75) is 83.9 Å². The number of benzene rings is 2. The number of amides is 3. The second-order valence-corrected chi connectivity index (χ2v) is 13.3. The first-order chi connectivity index (χ1) is 21.6. The highest BCUT2D eigenvalue weighted by Gasteiger charge is 2.40. The maximum Gasteiger partial charge on any atom is 0.410 e. The van der Waals surface area contributed by atoms with Crippen molar-refractivity contribution in [1.29, 1.82) is 0 Å². The van der Waals surface area contributed by atoms with Gasteiger partial charge in [-0.25, -0.2) is 9.59 Å². The molecule has 0 spiro atoms. The Kier molecular flexibility index (Phi) is 10.3. The molecule has 10 heteroatoms. The van der Waals surface area contributed by atoms with Gasteiger partial charge in [-0.2, -0.15) is 0 Å². The number of urea groups is 1. The van der Waals surface area contributed by atoms with Gasteiger partial charge in [0.05, 0.1) is 17.4 Å². The number of likely N-dealkylation sites (tertiary alicyclic amines) is 1. The molecule has 2 aromatic carbocycles. The molecule has 2 aliphatic heterocycles. The number of carbonyl (C=O) groups is 4. The highest BCUT2D eigenvalue weighted by Crippen LogP contribution is 2.36. The molecule has 45 heavy (non-hydrogen) atoms. The molecule has 2 saturated heterocycles. The van der Waals surface area contributed by atoms with E-state index in [-0.39, 0.29) is 49.5 Å². The summed E-state index contributed by atoms with van der Waals surface area (Å²) in [4.78, 5) is 53.7. The number of carbonyl (C=O) groups excluding carboxylic acids is 4. The summed E-state index contributed by atoms with van der Waals surface area (Å²) in [5.74, 6) is -0.679. The molecule has 0 aromatic heterocycles. The Bertz CT molecular complexity index is 1330. The predicted molar refractivity (Wildman–Crippen MR) is 167 cm³/mol. The molecule has 10 nitrogen and oxygen atoms in total. The molecule has 3 fully saturated rings. The van der Waals surface area contributed by atoms with Gasteiger partial charge in [0.25, 0.3) is 0 Å². The molecule has 2 aromatic rings. The fourth-order valence-corrected chi connectivity index (χ4v) is 6.48. The molecule has 0 bridgehead atoms. The number of rotatable bonds is 8. The summed E-state index contributed by atoms with van der Waals surface area (Å²) in [6.07, 6.45) is 4.13. The first kappa shape index (κ1) is 32.3. The van der Waals surface area contributed by atoms with Gasteiger partial charge in [0.1, 0.15) is 6.61 Å². The number of piperidine rings is 1. The molecular formula is C35H45N3O7. The zero-order valence-corrected chi connectivity index (χ0v) is 26.5. The van der Waals surface area contributed by atoms with Crippen molar-refractivity contribution >= 4 is 24.1 Å². The normalized spacial score (nSPS) is 22.5. The molecule has 1 saturated carbocycles. The van der Waals surface area contributed by atoms with Crippen LogP contribution in [0.3, 0.4) is 0 Å². The molecular weight excluding hydrogens is 574 g/mol. The van der Waals surface area contributed by atoms with E-state index in [9.17, 15) is 19.2 Å². The van der Waals surface area contributed by atoms with Crippen LogP contribution >= 0.6 is 0 Å². The fraction of sp³-hybridized carbons (Fsp3) is 0.543. The lowest BCUT2D eigenvalue weighted by Gasteiger charge is -2.36. The third-order valence-corrected chi connectivity index (χ3v) is 9.19. The third kappa shape index (κ3) is 8.15. The summed E-state index contributed by atoms with van der Waals surface area (Å²) in [7, 11) is 0. The topological polar surface area (TPSA) is 114 Å². The monoisotopic (exact) mass is 619 g/mol. The van der Waals surface area contributed by atoms with E-state index >= 15 is 0 Å². The Morgan fingerprint density at radius 3 is 2.11 bits per heavy atom. The number of hydrogen-bond donors (Lipinski definition) is 1. The third-order valence-electron chi connectivity index (χ3n) is 9.19. The van der Waals surface area contributed by atoms with Crippen LogP contribution in [-0.2, 0) is 30.4 Å². The second-order valence-electron chi connectivity index (χ2n) is 13.3. The van der Waals surface area contributed by atoms with Crippen LogP contribution in [0.2, 0.25) is 0 Å². The number of nitrogens with one attached hydrogen (secondary N) is 1. The van der Waals surface area contributed by atoms with Gasteiger partial charge in [0.15, 0.2) is 0 Å². The minimum Gasteiger partial charge on any atom is -0.445 e. The highest BCUT2D eigenvalue weighted by atomic mass is 16.7. The lowest BCUT2D eigenvalue weighted by atomic mass is 9.84. The van der Waals surface area contributed by atoms with Gasteiger partial charge in [0, 0.05) is 25.7 Å². The number of esters is 2. The number of hydrogen-bond acceptors (Lipinski definition) is 7. The Morgan fingerprint density at radius 2 is 1.47 bits per heavy atom. The van der Waals surface area contributed by atoms with E-state index in [4.69, 9.17) is 14.2 Å². The molecule has 1 atom stereocenters. The zero-order valence-electron chi connectivity index (χ0n) is 26.5. The maximum atomic E-state index is 12.9. The second kappa shape index (κ2) is 14.3. The van der Waals surface area contributed by atoms with Gasteiger partial charge >= 0.3 is 24.1 Å². The SMILES string of the molecule is CC(C)(C)C(=O)OCOC(=O)C1CCC(N2C(=O)NCC2c2ccc(C3CCN(C(=O)OCc4ccccc4)CC3)cc2)CC1. The van der Waals surface area contributed by atoms with E-state index in [1.807, 2.05) is 35.2 Å². The van der Waals surface area contributed by atoms with Gasteiger partial charge < -0.3 is 29.3 Å². The summed E-state index contributed by atoms with van der Waals surface area (Å²) < 4.78 is 15.8. The molecule has 2 heterocycles. The molecule has 1 N–H and O–H groups in total. The average Bonchev–Trinajstić information content (AvgIpc) is 3.44.